The minimum Gasteiger partial charge on any atom is -0.491 e. The van der Waals surface area contributed by atoms with Gasteiger partial charge in [-0.2, -0.15) is 25.3 Å². The predicted molar refractivity (Wildman–Crippen MR) is 284 cm³/mol. The summed E-state index contributed by atoms with van der Waals surface area (Å²) in [6.45, 7) is 9.89. The van der Waals surface area contributed by atoms with Crippen molar-refractivity contribution in [3.63, 3.8) is 0 Å². The molecule has 3 N–H and O–H groups in total. The van der Waals surface area contributed by atoms with E-state index in [4.69, 9.17) is 67.1 Å². The number of carbonyl (C=O) groups is 2. The molecule has 0 aromatic heterocycles. The smallest absolute Gasteiger partial charge is 0.329 e. The van der Waals surface area contributed by atoms with E-state index >= 15 is 0 Å². The van der Waals surface area contributed by atoms with E-state index in [2.05, 4.69) is 30.6 Å². The Kier molecular flexibility index (Phi) is 58.9. The highest BCUT2D eigenvalue weighted by atomic mass is 32.1. The lowest BCUT2D eigenvalue weighted by Gasteiger charge is -2.10. The normalized spacial score (nSPS) is 11.1. The van der Waals surface area contributed by atoms with Gasteiger partial charge in [0, 0.05) is 19.8 Å². The van der Waals surface area contributed by atoms with E-state index < -0.39 is 5.97 Å². The zero-order chi connectivity index (χ0) is 51.4. The monoisotopic (exact) mass is 1060 g/mol. The van der Waals surface area contributed by atoms with Crippen LogP contribution in [0.3, 0.4) is 0 Å². The number of rotatable bonds is 57. The maximum absolute atomic E-state index is 12.0. The summed E-state index contributed by atoms with van der Waals surface area (Å²) < 4.78 is 64.8. The second kappa shape index (κ2) is 60.6. The van der Waals surface area contributed by atoms with Gasteiger partial charge in [0.2, 0.25) is 0 Å². The van der Waals surface area contributed by atoms with Gasteiger partial charge in [0.1, 0.15) is 24.7 Å². The van der Waals surface area contributed by atoms with Gasteiger partial charge in [0.25, 0.3) is 5.91 Å². The molecule has 0 fully saturated rings. The highest BCUT2D eigenvalue weighted by Crippen LogP contribution is 2.17. The Morgan fingerprint density at radius 2 is 0.676 bits per heavy atom. The number of carbonyl (C=O) groups excluding carboxylic acids is 1. The zero-order valence-corrected chi connectivity index (χ0v) is 45.2. The molecule has 1 aromatic carbocycles. The summed E-state index contributed by atoms with van der Waals surface area (Å²) in [7, 11) is 0. The number of nitrogens with one attached hydrogen (secondary N) is 1. The van der Waals surface area contributed by atoms with E-state index in [-0.39, 0.29) is 32.3 Å². The molecule has 1 rings (SSSR count). The van der Waals surface area contributed by atoms with Crippen LogP contribution in [0, 0.1) is 0 Å². The molecule has 0 aliphatic carbocycles. The quantitative estimate of drug-likeness (QED) is 0.0315. The van der Waals surface area contributed by atoms with E-state index in [1.165, 1.54) is 103 Å². The van der Waals surface area contributed by atoms with Crippen LogP contribution < -0.4 is 14.8 Å². The summed E-state index contributed by atoms with van der Waals surface area (Å²) >= 11 is 8.47. The summed E-state index contributed by atoms with van der Waals surface area (Å²) in [6, 6.07) is 7.05. The number of hydrogen-bond donors (Lipinski definition) is 5. The second-order valence-corrected chi connectivity index (χ2v) is 17.3. The van der Waals surface area contributed by atoms with Crippen LogP contribution in [0.4, 0.5) is 0 Å². The first kappa shape index (κ1) is 69.0. The fourth-order valence-corrected chi connectivity index (χ4v) is 6.83. The van der Waals surface area contributed by atoms with Crippen molar-refractivity contribution < 1.29 is 76.6 Å². The number of aliphatic hydroxyl groups is 1. The second-order valence-electron chi connectivity index (χ2n) is 16.5. The molecule has 0 aliphatic rings. The maximum Gasteiger partial charge on any atom is 0.329 e. The van der Waals surface area contributed by atoms with Crippen LogP contribution in [0.1, 0.15) is 116 Å². The minimum atomic E-state index is -1.01. The van der Waals surface area contributed by atoms with E-state index in [0.717, 1.165) is 37.6 Å². The molecule has 418 valence electrons. The van der Waals surface area contributed by atoms with Crippen LogP contribution in [0.2, 0.25) is 0 Å². The summed E-state index contributed by atoms with van der Waals surface area (Å²) in [6.07, 6.45) is 23.4. The number of aliphatic hydroxyl groups excluding tert-OH is 1. The first-order valence-corrected chi connectivity index (χ1v) is 27.7. The van der Waals surface area contributed by atoms with Gasteiger partial charge in [-0.1, -0.05) is 89.9 Å². The van der Waals surface area contributed by atoms with Crippen molar-refractivity contribution in [2.24, 2.45) is 0 Å². The number of amides is 1. The Morgan fingerprint density at radius 3 is 1.06 bits per heavy atom. The van der Waals surface area contributed by atoms with Crippen LogP contribution in [0.15, 0.2) is 24.3 Å². The third-order valence-corrected chi connectivity index (χ3v) is 10.8. The molecule has 0 radical (unpaired) electrons. The topological polar surface area (TPSA) is 197 Å². The summed E-state index contributed by atoms with van der Waals surface area (Å²) in [5, 5.41) is 19.7. The molecule has 0 heterocycles. The third kappa shape index (κ3) is 58.8. The van der Waals surface area contributed by atoms with Gasteiger partial charge in [-0.05, 0) is 61.5 Å². The maximum atomic E-state index is 12.0. The molecule has 71 heavy (non-hydrogen) atoms. The molecule has 0 bridgehead atoms. The lowest BCUT2D eigenvalue weighted by atomic mass is 10.1. The first-order chi connectivity index (χ1) is 35.0. The van der Waals surface area contributed by atoms with Crippen molar-refractivity contribution in [3.05, 3.63) is 24.3 Å². The lowest BCUT2D eigenvalue weighted by Crippen LogP contribution is -2.31. The molecule has 1 amide bonds. The van der Waals surface area contributed by atoms with E-state index in [1.54, 1.807) is 24.3 Å². The van der Waals surface area contributed by atoms with Gasteiger partial charge in [0.15, 0.2) is 6.61 Å². The highest BCUT2D eigenvalue weighted by Gasteiger charge is 2.04. The molecule has 19 heteroatoms. The van der Waals surface area contributed by atoms with Crippen molar-refractivity contribution in [1.82, 2.24) is 5.32 Å². The lowest BCUT2D eigenvalue weighted by molar-refractivity contribution is -0.142. The number of carboxylic acids is 1. The number of aliphatic carboxylic acids is 1. The van der Waals surface area contributed by atoms with Crippen LogP contribution in [0.5, 0.6) is 11.5 Å². The molecule has 0 unspecified atom stereocenters. The first-order valence-electron chi connectivity index (χ1n) is 26.5. The Balaban J connectivity index is 0.00000186. The molecule has 0 saturated carbocycles. The number of hydrogen-bond acceptors (Lipinski definition) is 17. The predicted octanol–water partition coefficient (Wildman–Crippen LogP) is 7.67. The summed E-state index contributed by atoms with van der Waals surface area (Å²) in [5.74, 6) is 2.03. The molecule has 1 aromatic rings. The molecule has 0 spiro atoms. The van der Waals surface area contributed by atoms with Gasteiger partial charge in [-0.3, -0.25) is 4.79 Å². The Morgan fingerprint density at radius 1 is 0.366 bits per heavy atom. The SMILES string of the molecule is O=C(O)COCCOCCOCCOCCNC(=O)COc1ccc(OCCOCCOCCOCCCCCCCCCCCS)cc1.OCCOCCOCCOCCCCCCCCCCCS. The van der Waals surface area contributed by atoms with Crippen molar-refractivity contribution in [2.45, 2.75) is 116 Å². The van der Waals surface area contributed by atoms with E-state index in [1.807, 2.05) is 0 Å². The zero-order valence-electron chi connectivity index (χ0n) is 43.4. The number of thiol groups is 2. The van der Waals surface area contributed by atoms with Crippen molar-refractivity contribution >= 4 is 37.1 Å². The minimum absolute atomic E-state index is 0.0686. The average Bonchev–Trinajstić information content (AvgIpc) is 3.37. The van der Waals surface area contributed by atoms with Gasteiger partial charge in [-0.25, -0.2) is 4.79 Å². The Bertz CT molecular complexity index is 1190. The largest absolute Gasteiger partial charge is 0.491 e. The molecule has 17 nitrogen and oxygen atoms in total. The summed E-state index contributed by atoms with van der Waals surface area (Å²) in [4.78, 5) is 22.3. The number of carboxylic acid groups (broad SMARTS) is 1. The van der Waals surface area contributed by atoms with E-state index in [0.29, 0.717) is 130 Å². The molecule has 0 atom stereocenters. The van der Waals surface area contributed by atoms with Crippen LogP contribution in [-0.4, -0.2) is 192 Å². The summed E-state index contributed by atoms with van der Waals surface area (Å²) in [5.41, 5.74) is 0. The van der Waals surface area contributed by atoms with Gasteiger partial charge >= 0.3 is 5.97 Å². The van der Waals surface area contributed by atoms with Crippen LogP contribution >= 0.6 is 25.3 Å². The number of ether oxygens (including phenoxy) is 12. The fraction of sp³-hybridized carbons (Fsp3) is 0.846. The van der Waals surface area contributed by atoms with E-state index in [9.17, 15) is 9.59 Å². The number of unbranched alkanes of at least 4 members (excludes halogenated alkanes) is 16. The average molecular weight is 1060 g/mol. The standard InChI is InChI=1S/C35H61NO12S.C17H36O4S/c37-34(36-14-16-41-18-20-43-21-22-44-25-26-46-31-35(38)39)30-48-33-12-10-32(11-13-33)47-28-27-45-24-23-42-19-17-40-15-8-6-4-2-1-3-5-7-9-29-49;18-10-12-20-14-16-21-15-13-19-11-8-6-4-2-1-3-5-7-9-17-22/h10-13,49H,1-9,14-31H2,(H,36,37)(H,38,39);18,22H,1-17H2. The van der Waals surface area contributed by atoms with Crippen molar-refractivity contribution in [1.29, 1.82) is 0 Å². The molecular weight excluding hydrogens is 959 g/mol. The van der Waals surface area contributed by atoms with Crippen molar-refractivity contribution in [3.8, 4) is 11.5 Å². The van der Waals surface area contributed by atoms with Gasteiger partial charge in [0.05, 0.1) is 119 Å². The molecule has 0 aliphatic heterocycles. The van der Waals surface area contributed by atoms with Crippen molar-refractivity contribution in [2.75, 3.05) is 170 Å². The van der Waals surface area contributed by atoms with Crippen LogP contribution in [-0.2, 0) is 57.0 Å². The highest BCUT2D eigenvalue weighted by molar-refractivity contribution is 7.80. The van der Waals surface area contributed by atoms with Gasteiger partial charge in [-0.15, -0.1) is 0 Å². The van der Waals surface area contributed by atoms with Gasteiger partial charge < -0.3 is 72.4 Å². The number of benzene rings is 1. The molecule has 0 saturated heterocycles. The Hall–Kier alpha value is -1.98. The molecular formula is C52H97NO16S2. The third-order valence-electron chi connectivity index (χ3n) is 10.2. The Labute approximate surface area is 438 Å². The fourth-order valence-electron chi connectivity index (χ4n) is 6.39. The van der Waals surface area contributed by atoms with Crippen LogP contribution in [0.25, 0.3) is 0 Å².